The molecule has 0 saturated carbocycles. The van der Waals surface area contributed by atoms with E-state index < -0.39 is 116 Å². The normalized spacial score (nSPS) is 35.0. The summed E-state index contributed by atoms with van der Waals surface area (Å²) in [6, 6.07) is -2.50. The average Bonchev–Trinajstić information content (AvgIpc) is 2.70. The molecule has 0 spiro atoms. The van der Waals surface area contributed by atoms with E-state index in [4.69, 9.17) is 27.9 Å². The first-order valence-electron chi connectivity index (χ1n) is 9.67. The molecule has 9 atom stereocenters. The SMILES string of the molecule is O=C(O)C1OCC(OS(=O)(=O)O)[C@H](O)[C@@H]1O[C@H]1OC(COS(=O)(=O)O)[C@@H](O)[C@@H](OS(=O)(=O)O)C1NS(=O)(=O)O. The largest absolute Gasteiger partial charge is 0.479 e. The summed E-state index contributed by atoms with van der Waals surface area (Å²) in [7, 11) is -21.6. The number of carboxylic acid groups (broad SMARTS) is 1. The molecule has 0 aromatic carbocycles. The molecule has 0 bridgehead atoms. The third-order valence-corrected chi connectivity index (χ3v) is 6.77. The summed E-state index contributed by atoms with van der Waals surface area (Å²) in [6.45, 7) is -2.39. The molecule has 27 heteroatoms. The zero-order valence-corrected chi connectivity index (χ0v) is 21.8. The monoisotopic (exact) mass is 659 g/mol. The van der Waals surface area contributed by atoms with E-state index in [1.807, 2.05) is 0 Å². The van der Waals surface area contributed by atoms with Gasteiger partial charge in [-0.15, -0.1) is 0 Å². The Morgan fingerprint density at radius 2 is 1.41 bits per heavy atom. The van der Waals surface area contributed by atoms with Gasteiger partial charge in [-0.3, -0.25) is 18.2 Å². The average molecular weight is 660 g/mol. The summed E-state index contributed by atoms with van der Waals surface area (Å²) in [5.74, 6) is -1.91. The number of aliphatic carboxylic acids is 1. The van der Waals surface area contributed by atoms with Crippen LogP contribution in [0.4, 0.5) is 0 Å². The minimum atomic E-state index is -5.61. The molecule has 39 heavy (non-hydrogen) atoms. The van der Waals surface area contributed by atoms with Crippen molar-refractivity contribution in [3.63, 3.8) is 0 Å². The molecule has 8 N–H and O–H groups in total. The standard InChI is InChI=1S/C12H21NO22S4/c14-6-3(2-31-37(21,22)23)32-12(5(13-36(18,19)20)8(6)35-39(27,28)29)33-9-7(15)4(34-38(24,25)26)1-30-10(9)11(16)17/h3-10,12-15H,1-2H2,(H,16,17)(H,18,19,20)(H,21,22,23)(H,24,25,26)(H,27,28,29)/t3?,4?,5?,6-,7+,8+,9+,10?,12-/m1/s1. The van der Waals surface area contributed by atoms with Gasteiger partial charge in [0.05, 0.1) is 13.2 Å². The Kier molecular flexibility index (Phi) is 10.7. The molecule has 2 rings (SSSR count). The number of carboxylic acids is 1. The molecular formula is C12H21NO22S4. The fourth-order valence-electron chi connectivity index (χ4n) is 3.42. The van der Waals surface area contributed by atoms with E-state index in [0.717, 1.165) is 0 Å². The Morgan fingerprint density at radius 3 is 1.87 bits per heavy atom. The van der Waals surface area contributed by atoms with Crippen LogP contribution >= 0.6 is 0 Å². The number of aliphatic hydroxyl groups is 2. The first-order valence-corrected chi connectivity index (χ1v) is 15.2. The van der Waals surface area contributed by atoms with E-state index >= 15 is 0 Å². The summed E-state index contributed by atoms with van der Waals surface area (Å²) in [5, 5.41) is 30.3. The first-order chi connectivity index (χ1) is 17.5. The van der Waals surface area contributed by atoms with E-state index in [0.29, 0.717) is 0 Å². The second kappa shape index (κ2) is 12.3. The first kappa shape index (κ1) is 34.0. The summed E-state index contributed by atoms with van der Waals surface area (Å²) in [5.41, 5.74) is 0. The number of rotatable bonds is 12. The molecule has 230 valence electrons. The Balaban J connectivity index is 2.55. The number of ether oxygens (including phenoxy) is 3. The van der Waals surface area contributed by atoms with E-state index in [-0.39, 0.29) is 0 Å². The molecule has 2 heterocycles. The highest BCUT2D eigenvalue weighted by Gasteiger charge is 2.54. The van der Waals surface area contributed by atoms with Gasteiger partial charge in [0.2, 0.25) is 0 Å². The van der Waals surface area contributed by atoms with E-state index in [9.17, 15) is 58.3 Å². The van der Waals surface area contributed by atoms with Gasteiger partial charge in [0.25, 0.3) is 0 Å². The van der Waals surface area contributed by atoms with Crippen LogP contribution in [0.3, 0.4) is 0 Å². The Hall–Kier alpha value is -1.25. The maximum Gasteiger partial charge on any atom is 0.397 e. The van der Waals surface area contributed by atoms with Crippen molar-refractivity contribution in [3.8, 4) is 0 Å². The molecule has 2 aliphatic rings. The zero-order valence-electron chi connectivity index (χ0n) is 18.5. The van der Waals surface area contributed by atoms with E-state index in [1.165, 1.54) is 4.72 Å². The number of carbonyl (C=O) groups is 1. The topological polar surface area (TPSA) is 363 Å². The lowest BCUT2D eigenvalue weighted by atomic mass is 9.96. The van der Waals surface area contributed by atoms with Crippen LogP contribution < -0.4 is 4.72 Å². The van der Waals surface area contributed by atoms with Crippen molar-refractivity contribution in [1.82, 2.24) is 4.72 Å². The maximum absolute atomic E-state index is 11.6. The predicted molar refractivity (Wildman–Crippen MR) is 112 cm³/mol. The molecule has 0 aliphatic carbocycles. The van der Waals surface area contributed by atoms with Crippen molar-refractivity contribution in [2.75, 3.05) is 13.2 Å². The number of aliphatic hydroxyl groups excluding tert-OH is 2. The van der Waals surface area contributed by atoms with Crippen molar-refractivity contribution >= 4 is 47.5 Å². The minimum Gasteiger partial charge on any atom is -0.479 e. The van der Waals surface area contributed by atoms with E-state index in [1.54, 1.807) is 0 Å². The molecule has 4 unspecified atom stereocenters. The van der Waals surface area contributed by atoms with Gasteiger partial charge in [-0.1, -0.05) is 0 Å². The van der Waals surface area contributed by atoms with Crippen LogP contribution in [0.1, 0.15) is 0 Å². The Morgan fingerprint density at radius 1 is 0.846 bits per heavy atom. The van der Waals surface area contributed by atoms with Crippen LogP contribution in [-0.2, 0) is 73.1 Å². The number of hydrogen-bond donors (Lipinski definition) is 8. The molecule has 2 saturated heterocycles. The van der Waals surface area contributed by atoms with Gasteiger partial charge >= 0.3 is 47.5 Å². The molecule has 0 aromatic heterocycles. The second-order valence-electron chi connectivity index (χ2n) is 7.60. The van der Waals surface area contributed by atoms with Gasteiger partial charge in [-0.25, -0.2) is 17.3 Å². The van der Waals surface area contributed by atoms with Crippen LogP contribution in [-0.4, -0.2) is 141 Å². The van der Waals surface area contributed by atoms with Gasteiger partial charge in [0, 0.05) is 0 Å². The highest BCUT2D eigenvalue weighted by Crippen LogP contribution is 2.31. The van der Waals surface area contributed by atoms with Gasteiger partial charge in [-0.2, -0.15) is 38.4 Å². The molecule has 0 aromatic rings. The van der Waals surface area contributed by atoms with Gasteiger partial charge < -0.3 is 29.5 Å². The van der Waals surface area contributed by atoms with Crippen molar-refractivity contribution in [2.24, 2.45) is 0 Å². The lowest BCUT2D eigenvalue weighted by molar-refractivity contribution is -0.306. The predicted octanol–water partition coefficient (Wildman–Crippen LogP) is -5.74. The molecule has 0 amide bonds. The summed E-state index contributed by atoms with van der Waals surface area (Å²) in [4.78, 5) is 11.6. The van der Waals surface area contributed by atoms with Crippen LogP contribution in [0.2, 0.25) is 0 Å². The van der Waals surface area contributed by atoms with Gasteiger partial charge in [0.15, 0.2) is 12.4 Å². The Labute approximate surface area is 219 Å². The smallest absolute Gasteiger partial charge is 0.397 e. The third-order valence-electron chi connectivity index (χ3n) is 4.81. The highest BCUT2D eigenvalue weighted by atomic mass is 32.3. The van der Waals surface area contributed by atoms with Crippen LogP contribution in [0.25, 0.3) is 0 Å². The highest BCUT2D eigenvalue weighted by molar-refractivity contribution is 7.83. The second-order valence-corrected chi connectivity index (χ2v) is 12.0. The van der Waals surface area contributed by atoms with Crippen LogP contribution in [0, 0.1) is 0 Å². The molecule has 2 fully saturated rings. The molecule has 23 nitrogen and oxygen atoms in total. The third kappa shape index (κ3) is 10.6. The summed E-state index contributed by atoms with van der Waals surface area (Å²) >= 11 is 0. The number of nitrogens with one attached hydrogen (secondary N) is 1. The molecule has 2 aliphatic heterocycles. The van der Waals surface area contributed by atoms with Gasteiger partial charge in [0.1, 0.15) is 42.7 Å². The van der Waals surface area contributed by atoms with Crippen LogP contribution in [0.5, 0.6) is 0 Å². The lowest BCUT2D eigenvalue weighted by Gasteiger charge is -2.46. The van der Waals surface area contributed by atoms with Crippen LogP contribution in [0.15, 0.2) is 0 Å². The quantitative estimate of drug-likeness (QED) is 0.0904. The van der Waals surface area contributed by atoms with Crippen molar-refractivity contribution < 1.29 is 98.8 Å². The molecule has 0 radical (unpaired) electrons. The summed E-state index contributed by atoms with van der Waals surface area (Å²) in [6.07, 6.45) is -18.9. The van der Waals surface area contributed by atoms with Crippen molar-refractivity contribution in [2.45, 2.75) is 55.1 Å². The minimum absolute atomic E-state index is 0.992. The van der Waals surface area contributed by atoms with Crippen molar-refractivity contribution in [1.29, 1.82) is 0 Å². The Bertz CT molecular complexity index is 1310. The fourth-order valence-corrected chi connectivity index (χ4v) is 5.31. The van der Waals surface area contributed by atoms with Gasteiger partial charge in [-0.05, 0) is 0 Å². The zero-order chi connectivity index (χ0) is 30.1. The maximum atomic E-state index is 11.6. The lowest BCUT2D eigenvalue weighted by Crippen LogP contribution is -2.68. The van der Waals surface area contributed by atoms with E-state index in [2.05, 4.69) is 12.5 Å². The van der Waals surface area contributed by atoms with Crippen molar-refractivity contribution in [3.05, 3.63) is 0 Å². The summed E-state index contributed by atoms with van der Waals surface area (Å²) < 4.78 is 154. The number of hydrogen-bond acceptors (Lipinski definition) is 17. The molecular weight excluding hydrogens is 638 g/mol. The fraction of sp³-hybridized carbons (Fsp3) is 0.917.